The third-order valence-corrected chi connectivity index (χ3v) is 3.39. The van der Waals surface area contributed by atoms with E-state index < -0.39 is 0 Å². The Morgan fingerprint density at radius 2 is 1.79 bits per heavy atom. The second kappa shape index (κ2) is 24.9. The van der Waals surface area contributed by atoms with Crippen LogP contribution in [-0.4, -0.2) is 23.4 Å². The molecule has 0 unspecified atom stereocenters. The van der Waals surface area contributed by atoms with Crippen LogP contribution in [0.3, 0.4) is 0 Å². The molecule has 0 atom stereocenters. The highest BCUT2D eigenvalue weighted by Crippen LogP contribution is 2.11. The molecular formula is C24H36ClNO2. The first kappa shape index (κ1) is 30.6. The van der Waals surface area contributed by atoms with Crippen molar-refractivity contribution in [2.24, 2.45) is 5.73 Å². The van der Waals surface area contributed by atoms with Crippen molar-refractivity contribution >= 4 is 11.6 Å². The minimum absolute atomic E-state index is 0.00545. The van der Waals surface area contributed by atoms with E-state index in [1.807, 2.05) is 32.9 Å². The predicted molar refractivity (Wildman–Crippen MR) is 124 cm³/mol. The molecule has 0 bridgehead atoms. The van der Waals surface area contributed by atoms with Crippen LogP contribution in [0, 0.1) is 19.1 Å². The van der Waals surface area contributed by atoms with Crippen molar-refractivity contribution in [2.45, 2.75) is 40.2 Å². The number of rotatable bonds is 7. The molecule has 1 aromatic rings. The number of halogens is 1. The van der Waals surface area contributed by atoms with Gasteiger partial charge in [-0.15, -0.1) is 0 Å². The lowest BCUT2D eigenvalue weighted by Gasteiger charge is -1.93. The minimum atomic E-state index is -0.00545. The summed E-state index contributed by atoms with van der Waals surface area (Å²) in [6.07, 6.45) is 13.1. The van der Waals surface area contributed by atoms with E-state index in [1.165, 1.54) is 0 Å². The fourth-order valence-electron chi connectivity index (χ4n) is 1.20. The van der Waals surface area contributed by atoms with Crippen molar-refractivity contribution < 1.29 is 10.2 Å². The molecule has 4 heteroatoms. The molecule has 156 valence electrons. The van der Waals surface area contributed by atoms with Crippen LogP contribution in [0.15, 0.2) is 67.8 Å². The van der Waals surface area contributed by atoms with Gasteiger partial charge in [0, 0.05) is 5.56 Å². The Balaban J connectivity index is -0.000000314. The van der Waals surface area contributed by atoms with Crippen LogP contribution in [0.5, 0.6) is 0 Å². The van der Waals surface area contributed by atoms with E-state index in [2.05, 4.69) is 37.9 Å². The quantitative estimate of drug-likeness (QED) is 0.318. The molecule has 0 heterocycles. The van der Waals surface area contributed by atoms with Gasteiger partial charge in [0.25, 0.3) is 0 Å². The molecule has 0 aromatic heterocycles. The van der Waals surface area contributed by atoms with Gasteiger partial charge in [-0.2, -0.15) is 0 Å². The van der Waals surface area contributed by atoms with Gasteiger partial charge < -0.3 is 15.9 Å². The van der Waals surface area contributed by atoms with Crippen LogP contribution in [0.2, 0.25) is 5.02 Å². The first-order valence-electron chi connectivity index (χ1n) is 9.01. The maximum absolute atomic E-state index is 8.66. The van der Waals surface area contributed by atoms with Crippen molar-refractivity contribution in [2.75, 3.05) is 13.2 Å². The van der Waals surface area contributed by atoms with Gasteiger partial charge in [0.2, 0.25) is 0 Å². The Kier molecular flexibility index (Phi) is 27.3. The molecule has 28 heavy (non-hydrogen) atoms. The Morgan fingerprint density at radius 1 is 1.18 bits per heavy atom. The van der Waals surface area contributed by atoms with Crippen LogP contribution >= 0.6 is 11.6 Å². The van der Waals surface area contributed by atoms with Crippen molar-refractivity contribution in [1.82, 2.24) is 0 Å². The highest BCUT2D eigenvalue weighted by molar-refractivity contribution is 6.30. The van der Waals surface area contributed by atoms with Crippen molar-refractivity contribution in [3.05, 3.63) is 96.1 Å². The van der Waals surface area contributed by atoms with Crippen LogP contribution in [0.25, 0.3) is 0 Å². The molecule has 1 rings (SSSR count). The molecule has 0 fully saturated rings. The van der Waals surface area contributed by atoms with Crippen molar-refractivity contribution in [1.29, 1.82) is 0 Å². The van der Waals surface area contributed by atoms with E-state index in [9.17, 15) is 0 Å². The number of hydrogen-bond donors (Lipinski definition) is 3. The number of aliphatic hydroxyl groups is 2. The smallest absolute Gasteiger partial charge is 0.0937 e. The zero-order chi connectivity index (χ0) is 22.2. The molecule has 4 N–H and O–H groups in total. The summed E-state index contributed by atoms with van der Waals surface area (Å²) in [5.74, 6) is 0. The third kappa shape index (κ3) is 23.9. The molecule has 0 aliphatic carbocycles. The zero-order valence-corrected chi connectivity index (χ0v) is 18.3. The second-order valence-corrected chi connectivity index (χ2v) is 5.81. The summed E-state index contributed by atoms with van der Waals surface area (Å²) in [7, 11) is 0. The predicted octanol–water partition coefficient (Wildman–Crippen LogP) is 5.51. The summed E-state index contributed by atoms with van der Waals surface area (Å²) in [4.78, 5) is 0. The van der Waals surface area contributed by atoms with Gasteiger partial charge in [0.05, 0.1) is 18.2 Å². The summed E-state index contributed by atoms with van der Waals surface area (Å²) in [5, 5.41) is 17.5. The number of aliphatic hydroxyl groups excluding tert-OH is 2. The highest BCUT2D eigenvalue weighted by atomic mass is 35.5. The summed E-state index contributed by atoms with van der Waals surface area (Å²) < 4.78 is 0. The lowest BCUT2D eigenvalue weighted by Crippen LogP contribution is -1.96. The number of hydrogen-bond acceptors (Lipinski definition) is 3. The Bertz CT molecular complexity index is 572. The van der Waals surface area contributed by atoms with E-state index in [1.54, 1.807) is 24.3 Å². The molecule has 0 radical (unpaired) electrons. The van der Waals surface area contributed by atoms with Gasteiger partial charge in [-0.25, -0.2) is 0 Å². The Hall–Kier alpha value is -2.09. The lowest BCUT2D eigenvalue weighted by atomic mass is 10.2. The van der Waals surface area contributed by atoms with Crippen LogP contribution in [0.4, 0.5) is 0 Å². The maximum atomic E-state index is 8.66. The van der Waals surface area contributed by atoms with Crippen molar-refractivity contribution in [3.63, 3.8) is 0 Å². The van der Waals surface area contributed by atoms with Crippen LogP contribution in [0.1, 0.15) is 37.8 Å². The van der Waals surface area contributed by atoms with Gasteiger partial charge in [-0.3, -0.25) is 0 Å². The summed E-state index contributed by atoms with van der Waals surface area (Å²) in [6, 6.07) is 7.21. The van der Waals surface area contributed by atoms with Gasteiger partial charge in [-0.1, -0.05) is 79.4 Å². The van der Waals surface area contributed by atoms with Gasteiger partial charge in [0.1, 0.15) is 0 Å². The number of allylic oxidation sites excluding steroid dienone is 6. The monoisotopic (exact) mass is 405 g/mol. The Labute approximate surface area is 177 Å². The molecule has 0 aliphatic rings. The average molecular weight is 406 g/mol. The van der Waals surface area contributed by atoms with Crippen molar-refractivity contribution in [3.8, 4) is 0 Å². The Morgan fingerprint density at radius 3 is 2.11 bits per heavy atom. The minimum Gasteiger partial charge on any atom is -0.392 e. The standard InChI is InChI=1S/C8H7ClO.C7H13N.C5H10O.C4H6/c1-6-4-7(5-10)2-3-8(6)9;1-2-3-4-5-6-7-8;1-3-5(2)4-6;1-3-4-2/h4,10H,5H2,1H3;2-4H,1,5-8H2;3,6H,4H2,1-2H3;3-4H,1-2H2/b;4-3+;5-3+;. The van der Waals surface area contributed by atoms with Gasteiger partial charge in [-0.05, 0) is 57.9 Å². The SMILES string of the molecule is C/C=C(\C)CO.C=C/C=C/CCCN.C=CC=C.Cc1cc(CO)c#cc1Cl. The molecule has 0 saturated carbocycles. The summed E-state index contributed by atoms with van der Waals surface area (Å²) >= 11 is 5.67. The van der Waals surface area contributed by atoms with E-state index in [-0.39, 0.29) is 13.2 Å². The number of aryl methyl sites for hydroxylation is 1. The topological polar surface area (TPSA) is 66.5 Å². The second-order valence-electron chi connectivity index (χ2n) is 5.43. The third-order valence-electron chi connectivity index (χ3n) is 3.00. The van der Waals surface area contributed by atoms with E-state index in [0.717, 1.165) is 36.1 Å². The molecule has 0 aliphatic heterocycles. The molecule has 0 saturated heterocycles. The van der Waals surface area contributed by atoms with Crippen LogP contribution in [-0.2, 0) is 6.61 Å². The zero-order valence-electron chi connectivity index (χ0n) is 17.5. The van der Waals surface area contributed by atoms with E-state index in [4.69, 9.17) is 27.5 Å². The average Bonchev–Trinajstić information content (AvgIpc) is 2.73. The molecule has 1 aromatic carbocycles. The maximum Gasteiger partial charge on any atom is 0.0937 e. The fourth-order valence-corrected chi connectivity index (χ4v) is 1.30. The summed E-state index contributed by atoms with van der Waals surface area (Å²) in [6.45, 7) is 16.9. The highest BCUT2D eigenvalue weighted by Gasteiger charge is 1.93. The molecule has 0 amide bonds. The largest absolute Gasteiger partial charge is 0.392 e. The van der Waals surface area contributed by atoms with E-state index >= 15 is 0 Å². The molecule has 3 nitrogen and oxygen atoms in total. The van der Waals surface area contributed by atoms with E-state index in [0.29, 0.717) is 5.02 Å². The first-order chi connectivity index (χ1) is 13.4. The first-order valence-corrected chi connectivity index (χ1v) is 9.39. The van der Waals surface area contributed by atoms with Crippen LogP contribution < -0.4 is 5.73 Å². The number of nitrogens with two attached hydrogens (primary N) is 1. The van der Waals surface area contributed by atoms with Gasteiger partial charge in [0.15, 0.2) is 0 Å². The van der Waals surface area contributed by atoms with Gasteiger partial charge >= 0.3 is 0 Å². The molecular weight excluding hydrogens is 370 g/mol. The normalized spacial score (nSPS) is 9.46. The number of unbranched alkanes of at least 4 members (excludes halogenated alkanes) is 1. The summed E-state index contributed by atoms with van der Waals surface area (Å²) in [5.41, 5.74) is 7.92. The molecule has 0 spiro atoms. The fraction of sp³-hybridized carbons (Fsp3) is 0.333. The lowest BCUT2D eigenvalue weighted by molar-refractivity contribution is 0.282.